The zero-order valence-corrected chi connectivity index (χ0v) is 15.4. The molecule has 3 heterocycles. The normalized spacial score (nSPS) is 21.2. The van der Waals surface area contributed by atoms with Gasteiger partial charge in [0.2, 0.25) is 17.7 Å². The van der Waals surface area contributed by atoms with E-state index in [-0.39, 0.29) is 30.8 Å². The van der Waals surface area contributed by atoms with Crippen LogP contribution >= 0.6 is 0 Å². The number of likely N-dealkylation sites (tertiary alicyclic amines) is 1. The molecule has 0 unspecified atom stereocenters. The fraction of sp³-hybridized carbons (Fsp3) is 0.667. The molecule has 2 aliphatic rings. The van der Waals surface area contributed by atoms with E-state index in [1.54, 1.807) is 16.7 Å². The summed E-state index contributed by atoms with van der Waals surface area (Å²) < 4.78 is 5.24. The van der Waals surface area contributed by atoms with Crippen molar-refractivity contribution < 1.29 is 18.9 Å². The van der Waals surface area contributed by atoms with Crippen LogP contribution in [0.4, 0.5) is 0 Å². The highest BCUT2D eigenvalue weighted by atomic mass is 16.5. The highest BCUT2D eigenvalue weighted by Crippen LogP contribution is 2.18. The van der Waals surface area contributed by atoms with Crippen LogP contribution in [0.1, 0.15) is 44.6 Å². The van der Waals surface area contributed by atoms with Gasteiger partial charge in [0, 0.05) is 32.1 Å². The molecular weight excluding hydrogens is 336 g/mol. The van der Waals surface area contributed by atoms with Crippen molar-refractivity contribution in [2.75, 3.05) is 26.2 Å². The number of hydrogen-bond acceptors (Lipinski definition) is 5. The maximum absolute atomic E-state index is 12.6. The van der Waals surface area contributed by atoms with E-state index in [4.69, 9.17) is 4.52 Å². The van der Waals surface area contributed by atoms with Crippen LogP contribution < -0.4 is 0 Å². The van der Waals surface area contributed by atoms with Gasteiger partial charge in [0.15, 0.2) is 5.76 Å². The number of carbonyl (C=O) groups is 3. The maximum Gasteiger partial charge on any atom is 0.245 e. The summed E-state index contributed by atoms with van der Waals surface area (Å²) in [5.74, 6) is 0.622. The first kappa shape index (κ1) is 18.4. The topological polar surface area (TPSA) is 87.0 Å². The molecule has 0 bridgehead atoms. The smallest absolute Gasteiger partial charge is 0.245 e. The van der Waals surface area contributed by atoms with Gasteiger partial charge in [-0.25, -0.2) is 0 Å². The Morgan fingerprint density at radius 3 is 2.62 bits per heavy atom. The molecule has 8 heteroatoms. The molecule has 2 aliphatic heterocycles. The summed E-state index contributed by atoms with van der Waals surface area (Å²) in [6.45, 7) is 6.00. The van der Waals surface area contributed by atoms with E-state index in [1.807, 2.05) is 17.9 Å². The lowest BCUT2D eigenvalue weighted by atomic mass is 10.1. The fourth-order valence-electron chi connectivity index (χ4n) is 3.52. The molecule has 0 saturated carbocycles. The molecule has 142 valence electrons. The van der Waals surface area contributed by atoms with Crippen molar-refractivity contribution in [2.24, 2.45) is 0 Å². The number of amides is 3. The van der Waals surface area contributed by atoms with Gasteiger partial charge < -0.3 is 19.2 Å². The summed E-state index contributed by atoms with van der Waals surface area (Å²) in [7, 11) is 0. The number of carbonyl (C=O) groups excluding carboxylic acids is 3. The molecule has 0 spiro atoms. The van der Waals surface area contributed by atoms with E-state index in [0.29, 0.717) is 31.7 Å². The summed E-state index contributed by atoms with van der Waals surface area (Å²) >= 11 is 0. The first-order valence-electron chi connectivity index (χ1n) is 9.30. The van der Waals surface area contributed by atoms with Crippen LogP contribution in [0.2, 0.25) is 0 Å². The Morgan fingerprint density at radius 2 is 1.96 bits per heavy atom. The monoisotopic (exact) mass is 362 g/mol. The largest absolute Gasteiger partial charge is 0.359 e. The standard InChI is InChI=1S/C18H26N4O4/c1-3-14-10-15(26-19-14)11-22-13(2)18(25)21(12-17(22)24)9-5-8-20-7-4-6-16(20)23/h10,13H,3-9,11-12H2,1-2H3/t13-/m0/s1. The predicted molar refractivity (Wildman–Crippen MR) is 92.9 cm³/mol. The minimum absolute atomic E-state index is 0.0624. The van der Waals surface area contributed by atoms with Gasteiger partial charge in [0.1, 0.15) is 6.04 Å². The number of aryl methyl sites for hydroxylation is 1. The van der Waals surface area contributed by atoms with Crippen LogP contribution in [-0.4, -0.2) is 69.8 Å². The average molecular weight is 362 g/mol. The third-order valence-corrected chi connectivity index (χ3v) is 5.11. The molecule has 1 aromatic rings. The second kappa shape index (κ2) is 7.88. The van der Waals surface area contributed by atoms with Crippen molar-refractivity contribution in [1.82, 2.24) is 19.9 Å². The molecule has 0 aliphatic carbocycles. The van der Waals surface area contributed by atoms with E-state index in [9.17, 15) is 14.4 Å². The maximum atomic E-state index is 12.6. The Balaban J connectivity index is 1.53. The first-order chi connectivity index (χ1) is 12.5. The highest BCUT2D eigenvalue weighted by molar-refractivity contribution is 5.94. The van der Waals surface area contributed by atoms with Crippen molar-refractivity contribution >= 4 is 17.7 Å². The number of rotatable bonds is 7. The number of aromatic nitrogens is 1. The van der Waals surface area contributed by atoms with E-state index >= 15 is 0 Å². The summed E-state index contributed by atoms with van der Waals surface area (Å²) in [4.78, 5) is 41.8. The van der Waals surface area contributed by atoms with E-state index in [2.05, 4.69) is 5.16 Å². The summed E-state index contributed by atoms with van der Waals surface area (Å²) in [6.07, 6.45) is 2.99. The third kappa shape index (κ3) is 3.89. The zero-order valence-electron chi connectivity index (χ0n) is 15.4. The number of nitrogens with zero attached hydrogens (tertiary/aromatic N) is 4. The summed E-state index contributed by atoms with van der Waals surface area (Å²) in [5.41, 5.74) is 0.835. The molecule has 2 saturated heterocycles. The van der Waals surface area contributed by atoms with Crippen LogP contribution in [0.25, 0.3) is 0 Å². The van der Waals surface area contributed by atoms with Gasteiger partial charge >= 0.3 is 0 Å². The lowest BCUT2D eigenvalue weighted by molar-refractivity contribution is -0.156. The van der Waals surface area contributed by atoms with E-state index in [0.717, 1.165) is 25.1 Å². The van der Waals surface area contributed by atoms with Gasteiger partial charge in [-0.3, -0.25) is 14.4 Å². The van der Waals surface area contributed by atoms with Gasteiger partial charge in [-0.2, -0.15) is 0 Å². The van der Waals surface area contributed by atoms with Crippen molar-refractivity contribution in [3.05, 3.63) is 17.5 Å². The first-order valence-corrected chi connectivity index (χ1v) is 9.30. The quantitative estimate of drug-likeness (QED) is 0.716. The van der Waals surface area contributed by atoms with Crippen molar-refractivity contribution in [3.8, 4) is 0 Å². The Labute approximate surface area is 153 Å². The number of hydrogen-bond donors (Lipinski definition) is 0. The van der Waals surface area contributed by atoms with Gasteiger partial charge in [-0.15, -0.1) is 0 Å². The predicted octanol–water partition coefficient (Wildman–Crippen LogP) is 0.809. The molecule has 0 aromatic carbocycles. The second-order valence-electron chi connectivity index (χ2n) is 6.93. The molecular formula is C18H26N4O4. The SMILES string of the molecule is CCc1cc(CN2C(=O)CN(CCCN3CCCC3=O)C(=O)[C@@H]2C)on1. The minimum Gasteiger partial charge on any atom is -0.359 e. The van der Waals surface area contributed by atoms with Crippen molar-refractivity contribution in [3.63, 3.8) is 0 Å². The Hall–Kier alpha value is -2.38. The molecule has 8 nitrogen and oxygen atoms in total. The Bertz CT molecular complexity index is 686. The summed E-state index contributed by atoms with van der Waals surface area (Å²) in [6, 6.07) is 1.30. The molecule has 3 rings (SSSR count). The Morgan fingerprint density at radius 1 is 1.19 bits per heavy atom. The molecule has 0 radical (unpaired) electrons. The van der Waals surface area contributed by atoms with Gasteiger partial charge in [-0.1, -0.05) is 12.1 Å². The lowest BCUT2D eigenvalue weighted by Crippen LogP contribution is -2.58. The average Bonchev–Trinajstić information content (AvgIpc) is 3.25. The fourth-order valence-corrected chi connectivity index (χ4v) is 3.52. The Kier molecular flexibility index (Phi) is 5.58. The van der Waals surface area contributed by atoms with Gasteiger partial charge in [-0.05, 0) is 26.2 Å². The van der Waals surface area contributed by atoms with E-state index < -0.39 is 6.04 Å². The van der Waals surface area contributed by atoms with Crippen LogP contribution in [0.15, 0.2) is 10.6 Å². The third-order valence-electron chi connectivity index (χ3n) is 5.11. The summed E-state index contributed by atoms with van der Waals surface area (Å²) in [5, 5.41) is 3.93. The van der Waals surface area contributed by atoms with Crippen LogP contribution in [0.3, 0.4) is 0 Å². The molecule has 0 N–H and O–H groups in total. The zero-order chi connectivity index (χ0) is 18.7. The molecule has 1 aromatic heterocycles. The minimum atomic E-state index is -0.528. The van der Waals surface area contributed by atoms with Gasteiger partial charge in [0.25, 0.3) is 0 Å². The van der Waals surface area contributed by atoms with Crippen molar-refractivity contribution in [2.45, 2.75) is 52.1 Å². The van der Waals surface area contributed by atoms with Gasteiger partial charge in [0.05, 0.1) is 18.8 Å². The van der Waals surface area contributed by atoms with Crippen LogP contribution in [0, 0.1) is 0 Å². The lowest BCUT2D eigenvalue weighted by Gasteiger charge is -2.38. The molecule has 3 amide bonds. The second-order valence-corrected chi connectivity index (χ2v) is 6.93. The van der Waals surface area contributed by atoms with Crippen molar-refractivity contribution in [1.29, 1.82) is 0 Å². The molecule has 2 fully saturated rings. The van der Waals surface area contributed by atoms with Crippen LogP contribution in [0.5, 0.6) is 0 Å². The van der Waals surface area contributed by atoms with Crippen LogP contribution in [-0.2, 0) is 27.3 Å². The van der Waals surface area contributed by atoms with E-state index in [1.165, 1.54) is 0 Å². The number of piperazine rings is 1. The molecule has 26 heavy (non-hydrogen) atoms. The molecule has 1 atom stereocenters. The highest BCUT2D eigenvalue weighted by Gasteiger charge is 2.36.